The van der Waals surface area contributed by atoms with E-state index in [0.717, 1.165) is 18.4 Å². The summed E-state index contributed by atoms with van der Waals surface area (Å²) in [4.78, 5) is 28.7. The van der Waals surface area contributed by atoms with Crippen LogP contribution in [-0.4, -0.2) is 21.9 Å². The quantitative estimate of drug-likeness (QED) is 0.350. The second-order valence-corrected chi connectivity index (χ2v) is 7.25. The first-order chi connectivity index (χ1) is 14.1. The molecule has 148 valence electrons. The molecule has 0 unspecified atom stereocenters. The predicted molar refractivity (Wildman–Crippen MR) is 107 cm³/mol. The number of Topliss-reactive ketones (excluding diaryl/α,β-unsaturated/α-hetero) is 1. The van der Waals surface area contributed by atoms with E-state index in [0.29, 0.717) is 23.0 Å². The van der Waals surface area contributed by atoms with Crippen LogP contribution in [0.4, 0.5) is 0 Å². The van der Waals surface area contributed by atoms with E-state index in [1.807, 2.05) is 18.2 Å². The number of ketones is 1. The molecule has 1 aliphatic carbocycles. The van der Waals surface area contributed by atoms with Crippen LogP contribution in [0.3, 0.4) is 0 Å². The number of fused-ring (bicyclic) bond motifs is 1. The molecule has 1 aromatic heterocycles. The molecule has 0 atom stereocenters. The molecule has 0 spiro atoms. The Morgan fingerprint density at radius 1 is 1.00 bits per heavy atom. The van der Waals surface area contributed by atoms with Crippen LogP contribution in [0.25, 0.3) is 11.4 Å². The molecule has 0 saturated carbocycles. The van der Waals surface area contributed by atoms with E-state index < -0.39 is 5.97 Å². The Hall–Kier alpha value is -3.28. The Morgan fingerprint density at radius 3 is 2.48 bits per heavy atom. The van der Waals surface area contributed by atoms with Gasteiger partial charge in [-0.3, -0.25) is 9.59 Å². The molecule has 1 heterocycles. The topological polar surface area (TPSA) is 82.3 Å². The Morgan fingerprint density at radius 2 is 1.76 bits per heavy atom. The van der Waals surface area contributed by atoms with Crippen molar-refractivity contribution in [3.63, 3.8) is 0 Å². The van der Waals surface area contributed by atoms with Gasteiger partial charge in [-0.2, -0.15) is 4.98 Å². The average molecular weight is 390 g/mol. The van der Waals surface area contributed by atoms with Crippen molar-refractivity contribution in [2.75, 3.05) is 0 Å². The SMILES string of the molecule is Cc1nc(-c2ccc(OC(=O)CCC(=O)c3ccc4c(c3)CCCC4)cc2)no1. The molecular weight excluding hydrogens is 368 g/mol. The Balaban J connectivity index is 1.31. The number of carbonyl (C=O) groups is 2. The van der Waals surface area contributed by atoms with Gasteiger partial charge in [-0.15, -0.1) is 0 Å². The molecule has 29 heavy (non-hydrogen) atoms. The van der Waals surface area contributed by atoms with E-state index in [1.54, 1.807) is 31.2 Å². The fourth-order valence-corrected chi connectivity index (χ4v) is 3.54. The highest BCUT2D eigenvalue weighted by atomic mass is 16.5. The van der Waals surface area contributed by atoms with E-state index in [4.69, 9.17) is 9.26 Å². The molecule has 6 nitrogen and oxygen atoms in total. The molecule has 3 aromatic rings. The van der Waals surface area contributed by atoms with Gasteiger partial charge in [0.2, 0.25) is 11.7 Å². The summed E-state index contributed by atoms with van der Waals surface area (Å²) in [6.45, 7) is 1.72. The fraction of sp³-hybridized carbons (Fsp3) is 0.304. The lowest BCUT2D eigenvalue weighted by Crippen LogP contribution is -2.11. The van der Waals surface area contributed by atoms with E-state index in [9.17, 15) is 9.59 Å². The minimum atomic E-state index is -0.431. The maximum atomic E-state index is 12.5. The van der Waals surface area contributed by atoms with Crippen LogP contribution in [0.2, 0.25) is 0 Å². The molecule has 2 aromatic carbocycles. The molecule has 0 N–H and O–H groups in total. The van der Waals surface area contributed by atoms with Gasteiger partial charge in [0, 0.05) is 24.5 Å². The Bertz CT molecular complexity index is 1040. The van der Waals surface area contributed by atoms with E-state index in [-0.39, 0.29) is 18.6 Å². The normalized spacial score (nSPS) is 13.0. The first-order valence-corrected chi connectivity index (χ1v) is 9.85. The highest BCUT2D eigenvalue weighted by molar-refractivity contribution is 5.97. The molecule has 0 fully saturated rings. The van der Waals surface area contributed by atoms with Crippen molar-refractivity contribution in [1.29, 1.82) is 0 Å². The molecule has 1 aliphatic rings. The number of nitrogens with zero attached hydrogens (tertiary/aromatic N) is 2. The number of ether oxygens (including phenoxy) is 1. The van der Waals surface area contributed by atoms with Crippen molar-refractivity contribution >= 4 is 11.8 Å². The van der Waals surface area contributed by atoms with Gasteiger partial charge in [-0.05, 0) is 67.1 Å². The van der Waals surface area contributed by atoms with Crippen LogP contribution in [0.5, 0.6) is 5.75 Å². The summed E-state index contributed by atoms with van der Waals surface area (Å²) >= 11 is 0. The lowest BCUT2D eigenvalue weighted by atomic mass is 9.89. The van der Waals surface area contributed by atoms with Crippen LogP contribution in [-0.2, 0) is 17.6 Å². The first-order valence-electron chi connectivity index (χ1n) is 9.85. The highest BCUT2D eigenvalue weighted by Crippen LogP contribution is 2.23. The van der Waals surface area contributed by atoms with Gasteiger partial charge >= 0.3 is 5.97 Å². The molecule has 0 radical (unpaired) electrons. The summed E-state index contributed by atoms with van der Waals surface area (Å²) < 4.78 is 10.3. The minimum absolute atomic E-state index is 0.0295. The molecular formula is C23H22N2O4. The van der Waals surface area contributed by atoms with E-state index in [1.165, 1.54) is 24.0 Å². The number of benzene rings is 2. The third kappa shape index (κ3) is 4.59. The van der Waals surface area contributed by atoms with Gasteiger partial charge in [-0.25, -0.2) is 0 Å². The van der Waals surface area contributed by atoms with Gasteiger partial charge in [-0.1, -0.05) is 17.3 Å². The molecule has 6 heteroatoms. The summed E-state index contributed by atoms with van der Waals surface area (Å²) in [7, 11) is 0. The van der Waals surface area contributed by atoms with Gasteiger partial charge in [0.05, 0.1) is 6.42 Å². The van der Waals surface area contributed by atoms with Crippen molar-refractivity contribution in [3.8, 4) is 17.1 Å². The summed E-state index contributed by atoms with van der Waals surface area (Å²) in [5.74, 6) is 0.924. The Labute approximate surface area is 168 Å². The standard InChI is InChI=1S/C23H22N2O4/c1-15-24-23(25-29-15)17-8-10-20(11-9-17)28-22(27)13-12-21(26)19-7-6-16-4-2-3-5-18(16)14-19/h6-11,14H,2-5,12-13H2,1H3. The number of aromatic nitrogens is 2. The van der Waals surface area contributed by atoms with Crippen molar-refractivity contribution in [3.05, 3.63) is 65.0 Å². The van der Waals surface area contributed by atoms with Crippen molar-refractivity contribution in [2.24, 2.45) is 0 Å². The minimum Gasteiger partial charge on any atom is -0.427 e. The number of esters is 1. The monoisotopic (exact) mass is 390 g/mol. The molecule has 0 bridgehead atoms. The van der Waals surface area contributed by atoms with Crippen LogP contribution in [0, 0.1) is 6.92 Å². The number of carbonyl (C=O) groups excluding carboxylic acids is 2. The zero-order valence-electron chi connectivity index (χ0n) is 16.3. The first kappa shape index (κ1) is 19.1. The summed E-state index contributed by atoms with van der Waals surface area (Å²) in [5.41, 5.74) is 4.05. The predicted octanol–water partition coefficient (Wildman–Crippen LogP) is 4.49. The second-order valence-electron chi connectivity index (χ2n) is 7.25. The van der Waals surface area contributed by atoms with E-state index >= 15 is 0 Å². The lowest BCUT2D eigenvalue weighted by molar-refractivity contribution is -0.134. The number of rotatable bonds is 6. The number of hydrogen-bond acceptors (Lipinski definition) is 6. The van der Waals surface area contributed by atoms with Gasteiger partial charge in [0.1, 0.15) is 5.75 Å². The van der Waals surface area contributed by atoms with Crippen LogP contribution < -0.4 is 4.74 Å². The fourth-order valence-electron chi connectivity index (χ4n) is 3.54. The summed E-state index contributed by atoms with van der Waals surface area (Å²) in [6.07, 6.45) is 4.67. The van der Waals surface area contributed by atoms with Crippen LogP contribution in [0.15, 0.2) is 47.0 Å². The van der Waals surface area contributed by atoms with Gasteiger partial charge < -0.3 is 9.26 Å². The number of hydrogen-bond donors (Lipinski definition) is 0. The largest absolute Gasteiger partial charge is 0.427 e. The molecule has 0 saturated heterocycles. The molecule has 0 amide bonds. The second kappa shape index (κ2) is 8.39. The Kier molecular flexibility index (Phi) is 5.51. The third-order valence-corrected chi connectivity index (χ3v) is 5.10. The van der Waals surface area contributed by atoms with Crippen LogP contribution >= 0.6 is 0 Å². The van der Waals surface area contributed by atoms with E-state index in [2.05, 4.69) is 10.1 Å². The maximum Gasteiger partial charge on any atom is 0.311 e. The smallest absolute Gasteiger partial charge is 0.311 e. The highest BCUT2D eigenvalue weighted by Gasteiger charge is 2.15. The van der Waals surface area contributed by atoms with Crippen molar-refractivity contribution in [1.82, 2.24) is 10.1 Å². The average Bonchev–Trinajstić information content (AvgIpc) is 3.18. The lowest BCUT2D eigenvalue weighted by Gasteiger charge is -2.16. The maximum absolute atomic E-state index is 12.5. The zero-order chi connectivity index (χ0) is 20.2. The molecule has 4 rings (SSSR count). The summed E-state index contributed by atoms with van der Waals surface area (Å²) in [6, 6.07) is 12.8. The number of aryl methyl sites for hydroxylation is 3. The summed E-state index contributed by atoms with van der Waals surface area (Å²) in [5, 5.41) is 3.85. The van der Waals surface area contributed by atoms with Gasteiger partial charge in [0.25, 0.3) is 0 Å². The third-order valence-electron chi connectivity index (χ3n) is 5.10. The van der Waals surface area contributed by atoms with Gasteiger partial charge in [0.15, 0.2) is 5.78 Å². The zero-order valence-corrected chi connectivity index (χ0v) is 16.3. The molecule has 0 aliphatic heterocycles. The van der Waals surface area contributed by atoms with Crippen molar-refractivity contribution < 1.29 is 18.8 Å². The van der Waals surface area contributed by atoms with Crippen LogP contribution in [0.1, 0.15) is 53.1 Å². The van der Waals surface area contributed by atoms with Crippen molar-refractivity contribution in [2.45, 2.75) is 45.4 Å².